The molecule has 0 saturated carbocycles. The van der Waals surface area contributed by atoms with Crippen LogP contribution in [0.25, 0.3) is 16.6 Å². The van der Waals surface area contributed by atoms with Gasteiger partial charge in [-0.1, -0.05) is 11.6 Å². The molecular formula is C20H20ClN5O2. The number of carbonyl (C=O) groups excluding carboxylic acids is 1. The number of halogens is 1. The van der Waals surface area contributed by atoms with Gasteiger partial charge in [0.05, 0.1) is 10.9 Å². The van der Waals surface area contributed by atoms with E-state index in [4.69, 9.17) is 11.6 Å². The molecule has 3 heterocycles. The van der Waals surface area contributed by atoms with Crippen LogP contribution in [0, 0.1) is 6.92 Å². The Morgan fingerprint density at radius 1 is 1.32 bits per heavy atom. The third kappa shape index (κ3) is 3.57. The van der Waals surface area contributed by atoms with E-state index in [1.54, 1.807) is 23.0 Å². The Labute approximate surface area is 166 Å². The average Bonchev–Trinajstić information content (AvgIpc) is 3.21. The summed E-state index contributed by atoms with van der Waals surface area (Å²) in [6.45, 7) is 3.56. The Kier molecular flexibility index (Phi) is 5.00. The first kappa shape index (κ1) is 18.4. The fraction of sp³-hybridized carbons (Fsp3) is 0.300. The van der Waals surface area contributed by atoms with E-state index >= 15 is 0 Å². The number of carbonyl (C=O) groups is 1. The zero-order valence-corrected chi connectivity index (χ0v) is 16.3. The fourth-order valence-corrected chi connectivity index (χ4v) is 3.73. The Hall–Kier alpha value is -2.93. The maximum Gasteiger partial charge on any atom is 0.280 e. The third-order valence-electron chi connectivity index (χ3n) is 4.96. The van der Waals surface area contributed by atoms with Crippen molar-refractivity contribution in [2.75, 3.05) is 13.1 Å². The quantitative estimate of drug-likeness (QED) is 0.678. The molecule has 0 N–H and O–H groups in total. The highest BCUT2D eigenvalue weighted by Gasteiger charge is 2.20. The molecule has 0 saturated heterocycles. The van der Waals surface area contributed by atoms with Crippen LogP contribution >= 0.6 is 11.6 Å². The highest BCUT2D eigenvalue weighted by molar-refractivity contribution is 6.31. The summed E-state index contributed by atoms with van der Waals surface area (Å²) in [4.78, 5) is 30.7. The first-order valence-corrected chi connectivity index (χ1v) is 9.54. The summed E-state index contributed by atoms with van der Waals surface area (Å²) in [6.07, 6.45) is 6.70. The van der Waals surface area contributed by atoms with Crippen LogP contribution in [-0.2, 0) is 11.3 Å². The van der Waals surface area contributed by atoms with Gasteiger partial charge in [-0.3, -0.25) is 14.3 Å². The fourth-order valence-electron chi connectivity index (χ4n) is 3.56. The summed E-state index contributed by atoms with van der Waals surface area (Å²) in [7, 11) is 0. The van der Waals surface area contributed by atoms with Crippen molar-refractivity contribution in [3.05, 3.63) is 63.9 Å². The molecule has 28 heavy (non-hydrogen) atoms. The van der Waals surface area contributed by atoms with Crippen molar-refractivity contribution in [3.63, 3.8) is 0 Å². The molecule has 2 aromatic heterocycles. The topological polar surface area (TPSA) is 73.0 Å². The lowest BCUT2D eigenvalue weighted by Crippen LogP contribution is -2.36. The maximum atomic E-state index is 12.5. The van der Waals surface area contributed by atoms with Crippen molar-refractivity contribution in [1.29, 1.82) is 0 Å². The number of rotatable bonds is 4. The Balaban J connectivity index is 1.55. The second kappa shape index (κ2) is 7.59. The molecule has 1 amide bonds. The molecule has 144 valence electrons. The number of hydrogen-bond acceptors (Lipinski definition) is 4. The highest BCUT2D eigenvalue weighted by Crippen LogP contribution is 2.24. The summed E-state index contributed by atoms with van der Waals surface area (Å²) < 4.78 is 3.74. The van der Waals surface area contributed by atoms with Crippen LogP contribution in [0.5, 0.6) is 0 Å². The molecule has 0 unspecified atom stereocenters. The van der Waals surface area contributed by atoms with E-state index in [0.717, 1.165) is 11.2 Å². The molecule has 0 spiro atoms. The second-order valence-corrected chi connectivity index (χ2v) is 7.20. The van der Waals surface area contributed by atoms with E-state index in [1.807, 2.05) is 40.8 Å². The van der Waals surface area contributed by atoms with Gasteiger partial charge >= 0.3 is 0 Å². The molecule has 0 fully saturated rings. The van der Waals surface area contributed by atoms with Crippen LogP contribution in [0.3, 0.4) is 0 Å². The van der Waals surface area contributed by atoms with Gasteiger partial charge in [-0.05, 0) is 37.3 Å². The van der Waals surface area contributed by atoms with E-state index < -0.39 is 0 Å². The van der Waals surface area contributed by atoms with Crippen LogP contribution in [0.2, 0.25) is 5.02 Å². The predicted molar refractivity (Wildman–Crippen MR) is 108 cm³/mol. The molecule has 1 aliphatic heterocycles. The molecule has 0 aliphatic carbocycles. The first-order valence-electron chi connectivity index (χ1n) is 9.16. The Bertz CT molecular complexity index is 1120. The number of aryl methyl sites for hydroxylation is 2. The van der Waals surface area contributed by atoms with Crippen LogP contribution < -0.4 is 5.56 Å². The minimum atomic E-state index is -0.280. The molecule has 7 nitrogen and oxygen atoms in total. The maximum absolute atomic E-state index is 12.5. The molecule has 3 aromatic rings. The number of benzene rings is 1. The van der Waals surface area contributed by atoms with E-state index in [-0.39, 0.29) is 11.5 Å². The molecule has 0 bridgehead atoms. The smallest absolute Gasteiger partial charge is 0.280 e. The van der Waals surface area contributed by atoms with E-state index in [2.05, 4.69) is 10.1 Å². The molecule has 8 heteroatoms. The van der Waals surface area contributed by atoms with Gasteiger partial charge in [0.1, 0.15) is 5.82 Å². The standard InChI is InChI=1S/C20H20ClN5O2/c1-14-23-20(28)17-13-15(21)3-4-18(17)26(14)16-5-10-24(11-6-16)19(27)7-12-25-9-2-8-22-25/h2-5,8-9,13H,6-7,10-12H2,1H3. The average molecular weight is 398 g/mol. The monoisotopic (exact) mass is 397 g/mol. The van der Waals surface area contributed by atoms with E-state index in [9.17, 15) is 9.59 Å². The van der Waals surface area contributed by atoms with Crippen molar-refractivity contribution in [1.82, 2.24) is 24.2 Å². The number of fused-ring (bicyclic) bond motifs is 1. The second-order valence-electron chi connectivity index (χ2n) is 6.77. The van der Waals surface area contributed by atoms with Gasteiger partial charge in [-0.25, -0.2) is 0 Å². The minimum absolute atomic E-state index is 0.109. The largest absolute Gasteiger partial charge is 0.338 e. The van der Waals surface area contributed by atoms with Gasteiger partial charge in [-0.15, -0.1) is 0 Å². The van der Waals surface area contributed by atoms with Gasteiger partial charge in [0.25, 0.3) is 5.56 Å². The van der Waals surface area contributed by atoms with Gasteiger partial charge in [-0.2, -0.15) is 10.1 Å². The number of aromatic nitrogens is 4. The zero-order chi connectivity index (χ0) is 19.7. The number of amides is 1. The first-order chi connectivity index (χ1) is 13.5. The van der Waals surface area contributed by atoms with Crippen LogP contribution in [0.4, 0.5) is 0 Å². The number of nitrogens with zero attached hydrogens (tertiary/aromatic N) is 5. The van der Waals surface area contributed by atoms with Gasteiger partial charge in [0, 0.05) is 55.6 Å². The van der Waals surface area contributed by atoms with E-state index in [1.165, 1.54) is 0 Å². The summed E-state index contributed by atoms with van der Waals surface area (Å²) in [6, 6.07) is 7.11. The van der Waals surface area contributed by atoms with Crippen molar-refractivity contribution in [2.45, 2.75) is 26.3 Å². The van der Waals surface area contributed by atoms with Gasteiger partial charge < -0.3 is 9.47 Å². The molecule has 1 aromatic carbocycles. The van der Waals surface area contributed by atoms with Crippen molar-refractivity contribution >= 4 is 34.1 Å². The minimum Gasteiger partial charge on any atom is -0.338 e. The summed E-state index contributed by atoms with van der Waals surface area (Å²) in [5, 5.41) is 5.13. The zero-order valence-electron chi connectivity index (χ0n) is 15.5. The molecule has 1 aliphatic rings. The summed E-state index contributed by atoms with van der Waals surface area (Å²) >= 11 is 6.05. The van der Waals surface area contributed by atoms with Crippen molar-refractivity contribution in [2.24, 2.45) is 0 Å². The van der Waals surface area contributed by atoms with E-state index in [0.29, 0.717) is 48.7 Å². The lowest BCUT2D eigenvalue weighted by Gasteiger charge is -2.28. The molecular weight excluding hydrogens is 378 g/mol. The van der Waals surface area contributed by atoms with Gasteiger partial charge in [0.15, 0.2) is 0 Å². The summed E-state index contributed by atoms with van der Waals surface area (Å²) in [5.41, 5.74) is 1.54. The van der Waals surface area contributed by atoms with Crippen LogP contribution in [-0.4, -0.2) is 43.2 Å². The Morgan fingerprint density at radius 2 is 2.18 bits per heavy atom. The number of hydrogen-bond donors (Lipinski definition) is 0. The molecule has 4 rings (SSSR count). The highest BCUT2D eigenvalue weighted by atomic mass is 35.5. The third-order valence-corrected chi connectivity index (χ3v) is 5.19. The molecule has 0 radical (unpaired) electrons. The molecule has 0 atom stereocenters. The van der Waals surface area contributed by atoms with Gasteiger partial charge in [0.2, 0.25) is 5.91 Å². The van der Waals surface area contributed by atoms with Crippen LogP contribution in [0.15, 0.2) is 47.5 Å². The normalized spacial score (nSPS) is 14.4. The van der Waals surface area contributed by atoms with Crippen molar-refractivity contribution < 1.29 is 4.79 Å². The Morgan fingerprint density at radius 3 is 2.89 bits per heavy atom. The lowest BCUT2D eigenvalue weighted by molar-refractivity contribution is -0.131. The summed E-state index contributed by atoms with van der Waals surface area (Å²) in [5.74, 6) is 0.738. The van der Waals surface area contributed by atoms with Crippen molar-refractivity contribution in [3.8, 4) is 0 Å². The SMILES string of the molecule is Cc1nc(=O)c2cc(Cl)ccc2n1C1=CCN(C(=O)CCn2cccn2)CC1. The van der Waals surface area contributed by atoms with Crippen LogP contribution in [0.1, 0.15) is 18.7 Å². The lowest BCUT2D eigenvalue weighted by atomic mass is 10.1. The predicted octanol–water partition coefficient (Wildman–Crippen LogP) is 2.72.